The lowest BCUT2D eigenvalue weighted by molar-refractivity contribution is 0.139. The summed E-state index contributed by atoms with van der Waals surface area (Å²) in [7, 11) is 0. The van der Waals surface area contributed by atoms with Crippen molar-refractivity contribution >= 4 is 0 Å². The second-order valence-corrected chi connectivity index (χ2v) is 3.02. The molecule has 2 atom stereocenters. The lowest BCUT2D eigenvalue weighted by atomic mass is 10.1. The van der Waals surface area contributed by atoms with E-state index in [0.29, 0.717) is 0 Å². The molecular weight excluding hydrogens is 126 g/mol. The van der Waals surface area contributed by atoms with Crippen LogP contribution in [0.15, 0.2) is 11.6 Å². The third-order valence-electron chi connectivity index (χ3n) is 2.00. The van der Waals surface area contributed by atoms with E-state index >= 15 is 0 Å². The second-order valence-electron chi connectivity index (χ2n) is 3.02. The molecule has 58 valence electrons. The molecule has 0 aliphatic carbocycles. The van der Waals surface area contributed by atoms with Crippen LogP contribution in [-0.2, 0) is 0 Å². The molecule has 1 rings (SSSR count). The summed E-state index contributed by atoms with van der Waals surface area (Å²) in [4.78, 5) is 0. The molecule has 0 fully saturated rings. The highest BCUT2D eigenvalue weighted by Crippen LogP contribution is 2.10. The smallest absolute Gasteiger partial charge is 0.0727 e. The molecule has 2 heteroatoms. The molecule has 0 spiro atoms. The Morgan fingerprint density at radius 2 is 2.40 bits per heavy atom. The molecule has 0 saturated heterocycles. The Hall–Kier alpha value is -0.340. The monoisotopic (exact) mass is 141 g/mol. The Bertz CT molecular complexity index is 142. The maximum atomic E-state index is 9.42. The minimum Gasteiger partial charge on any atom is -0.391 e. The van der Waals surface area contributed by atoms with Gasteiger partial charge in [-0.3, -0.25) is 0 Å². The first-order valence-corrected chi connectivity index (χ1v) is 3.77. The fraction of sp³-hybridized carbons (Fsp3) is 0.750. The number of aliphatic hydroxyl groups is 1. The molecule has 0 aromatic carbocycles. The van der Waals surface area contributed by atoms with Crippen molar-refractivity contribution in [3.63, 3.8) is 0 Å². The molecular formula is C8H15NO. The molecule has 10 heavy (non-hydrogen) atoms. The fourth-order valence-corrected chi connectivity index (χ4v) is 1.15. The number of aliphatic hydroxyl groups excluding tert-OH is 1. The predicted octanol–water partition coefficient (Wildman–Crippen LogP) is 0.675. The van der Waals surface area contributed by atoms with Crippen LogP contribution in [0.2, 0.25) is 0 Å². The van der Waals surface area contributed by atoms with E-state index in [9.17, 15) is 5.11 Å². The van der Waals surface area contributed by atoms with Gasteiger partial charge in [-0.1, -0.05) is 11.6 Å². The van der Waals surface area contributed by atoms with Crippen LogP contribution in [0.3, 0.4) is 0 Å². The normalized spacial score (nSPS) is 34.9. The molecule has 2 nitrogen and oxygen atoms in total. The fourth-order valence-electron chi connectivity index (χ4n) is 1.15. The molecule has 0 saturated carbocycles. The summed E-state index contributed by atoms with van der Waals surface area (Å²) < 4.78 is 0. The minimum absolute atomic E-state index is 0.209. The number of rotatable bonds is 0. The van der Waals surface area contributed by atoms with Crippen LogP contribution >= 0.6 is 0 Å². The van der Waals surface area contributed by atoms with Crippen molar-refractivity contribution in [3.8, 4) is 0 Å². The SMILES string of the molecule is CC1=CCNC(C)C(O)C1. The zero-order chi connectivity index (χ0) is 7.56. The number of hydrogen-bond acceptors (Lipinski definition) is 2. The van der Waals surface area contributed by atoms with Crippen LogP contribution in [0.25, 0.3) is 0 Å². The predicted molar refractivity (Wildman–Crippen MR) is 41.8 cm³/mol. The molecule has 0 aromatic rings. The summed E-state index contributed by atoms with van der Waals surface area (Å²) in [6.07, 6.45) is 2.74. The largest absolute Gasteiger partial charge is 0.391 e. The van der Waals surface area contributed by atoms with Crippen LogP contribution in [0.1, 0.15) is 20.3 Å². The third-order valence-corrected chi connectivity index (χ3v) is 2.00. The van der Waals surface area contributed by atoms with Crippen molar-refractivity contribution in [3.05, 3.63) is 11.6 Å². The lowest BCUT2D eigenvalue weighted by Gasteiger charge is -2.16. The summed E-state index contributed by atoms with van der Waals surface area (Å²) in [6.45, 7) is 4.96. The zero-order valence-electron chi connectivity index (χ0n) is 6.59. The number of nitrogens with one attached hydrogen (secondary N) is 1. The Morgan fingerprint density at radius 1 is 1.70 bits per heavy atom. The summed E-state index contributed by atoms with van der Waals surface area (Å²) in [6, 6.07) is 0.230. The summed E-state index contributed by atoms with van der Waals surface area (Å²) >= 11 is 0. The van der Waals surface area contributed by atoms with Crippen molar-refractivity contribution in [2.45, 2.75) is 32.4 Å². The summed E-state index contributed by atoms with van der Waals surface area (Å²) in [5.41, 5.74) is 1.28. The van der Waals surface area contributed by atoms with Crippen LogP contribution in [0, 0.1) is 0 Å². The first-order chi connectivity index (χ1) is 4.70. The van der Waals surface area contributed by atoms with Crippen molar-refractivity contribution in [2.24, 2.45) is 0 Å². The minimum atomic E-state index is -0.209. The van der Waals surface area contributed by atoms with Crippen LogP contribution in [0.4, 0.5) is 0 Å². The highest BCUT2D eigenvalue weighted by molar-refractivity contribution is 5.04. The van der Waals surface area contributed by atoms with Gasteiger partial charge in [0.1, 0.15) is 0 Å². The van der Waals surface area contributed by atoms with Crippen molar-refractivity contribution in [1.82, 2.24) is 5.32 Å². The molecule has 2 unspecified atom stereocenters. The quantitative estimate of drug-likeness (QED) is 0.486. The average Bonchev–Trinajstić information content (AvgIpc) is 1.96. The topological polar surface area (TPSA) is 32.3 Å². The Balaban J connectivity index is 2.53. The molecule has 1 aliphatic rings. The van der Waals surface area contributed by atoms with Crippen molar-refractivity contribution in [1.29, 1.82) is 0 Å². The Labute approximate surface area is 61.9 Å². The average molecular weight is 141 g/mol. The maximum absolute atomic E-state index is 9.42. The molecule has 2 N–H and O–H groups in total. The van der Waals surface area contributed by atoms with E-state index in [1.165, 1.54) is 5.57 Å². The first kappa shape index (κ1) is 7.76. The van der Waals surface area contributed by atoms with Gasteiger partial charge in [0.2, 0.25) is 0 Å². The van der Waals surface area contributed by atoms with Crippen LogP contribution in [0.5, 0.6) is 0 Å². The zero-order valence-corrected chi connectivity index (χ0v) is 6.59. The van der Waals surface area contributed by atoms with Gasteiger partial charge in [-0.25, -0.2) is 0 Å². The van der Waals surface area contributed by atoms with E-state index < -0.39 is 0 Å². The van der Waals surface area contributed by atoms with Gasteiger partial charge in [0, 0.05) is 12.6 Å². The van der Waals surface area contributed by atoms with E-state index in [1.807, 2.05) is 6.92 Å². The van der Waals surface area contributed by atoms with Gasteiger partial charge in [0.15, 0.2) is 0 Å². The van der Waals surface area contributed by atoms with Crippen LogP contribution in [-0.4, -0.2) is 23.8 Å². The first-order valence-electron chi connectivity index (χ1n) is 3.77. The van der Waals surface area contributed by atoms with E-state index in [0.717, 1.165) is 13.0 Å². The van der Waals surface area contributed by atoms with E-state index in [1.54, 1.807) is 0 Å². The van der Waals surface area contributed by atoms with E-state index in [-0.39, 0.29) is 12.1 Å². The highest BCUT2D eigenvalue weighted by atomic mass is 16.3. The highest BCUT2D eigenvalue weighted by Gasteiger charge is 2.15. The molecule has 0 radical (unpaired) electrons. The maximum Gasteiger partial charge on any atom is 0.0727 e. The summed E-state index contributed by atoms with van der Waals surface area (Å²) in [5.74, 6) is 0. The third kappa shape index (κ3) is 1.82. The molecule has 0 aromatic heterocycles. The van der Waals surface area contributed by atoms with Crippen molar-refractivity contribution in [2.75, 3.05) is 6.54 Å². The van der Waals surface area contributed by atoms with E-state index in [2.05, 4.69) is 18.3 Å². The van der Waals surface area contributed by atoms with E-state index in [4.69, 9.17) is 0 Å². The van der Waals surface area contributed by atoms with Gasteiger partial charge >= 0.3 is 0 Å². The van der Waals surface area contributed by atoms with Gasteiger partial charge in [-0.2, -0.15) is 0 Å². The van der Waals surface area contributed by atoms with Gasteiger partial charge < -0.3 is 10.4 Å². The van der Waals surface area contributed by atoms with Gasteiger partial charge in [0.25, 0.3) is 0 Å². The van der Waals surface area contributed by atoms with Gasteiger partial charge in [-0.05, 0) is 20.3 Å². The van der Waals surface area contributed by atoms with Crippen molar-refractivity contribution < 1.29 is 5.11 Å². The Morgan fingerprint density at radius 3 is 3.10 bits per heavy atom. The molecule has 1 heterocycles. The van der Waals surface area contributed by atoms with Crippen LogP contribution < -0.4 is 5.32 Å². The summed E-state index contributed by atoms with van der Waals surface area (Å²) in [5, 5.41) is 12.6. The second kappa shape index (κ2) is 3.17. The lowest BCUT2D eigenvalue weighted by Crippen LogP contribution is -2.35. The standard InChI is InChI=1S/C8H15NO/c1-6-3-4-9-7(2)8(10)5-6/h3,7-10H,4-5H2,1-2H3. The van der Waals surface area contributed by atoms with Gasteiger partial charge in [0.05, 0.1) is 6.10 Å². The molecule has 1 aliphatic heterocycles. The molecule has 0 amide bonds. The molecule has 0 bridgehead atoms. The van der Waals surface area contributed by atoms with Gasteiger partial charge in [-0.15, -0.1) is 0 Å². The Kier molecular flexibility index (Phi) is 2.46. The number of hydrogen-bond donors (Lipinski definition) is 2.